The van der Waals surface area contributed by atoms with Crippen molar-refractivity contribution in [2.45, 2.75) is 35.0 Å². The van der Waals surface area contributed by atoms with Crippen molar-refractivity contribution in [3.8, 4) is 0 Å². The van der Waals surface area contributed by atoms with Crippen LogP contribution in [0, 0.1) is 11.8 Å². The maximum Gasteiger partial charge on any atom is 0.314 e. The van der Waals surface area contributed by atoms with E-state index in [2.05, 4.69) is 47.8 Å². The number of carbonyl (C=O) groups excluding carboxylic acids is 1. The number of rotatable bonds is 7. The van der Waals surface area contributed by atoms with Gasteiger partial charge in [-0.05, 0) is 51.1 Å². The Morgan fingerprint density at radius 2 is 1.88 bits per heavy atom. The van der Waals surface area contributed by atoms with Crippen LogP contribution in [0.3, 0.4) is 0 Å². The molecule has 0 saturated carbocycles. The average molecular weight is 441 g/mol. The Bertz CT molecular complexity index is 277. The normalized spacial score (nSPS) is 17.3. The van der Waals surface area contributed by atoms with Crippen LogP contribution in [-0.2, 0) is 9.59 Å². The summed E-state index contributed by atoms with van der Waals surface area (Å²) in [7, 11) is 0. The summed E-state index contributed by atoms with van der Waals surface area (Å²) in [6, 6.07) is 0. The van der Waals surface area contributed by atoms with Crippen molar-refractivity contribution in [3.63, 3.8) is 0 Å². The first-order chi connectivity index (χ1) is 7.54. The summed E-state index contributed by atoms with van der Waals surface area (Å²) in [5.74, 6) is -2.67. The Morgan fingerprint density at radius 1 is 1.41 bits per heavy atom. The molecule has 0 saturated heterocycles. The van der Waals surface area contributed by atoms with Crippen molar-refractivity contribution in [1.82, 2.24) is 0 Å². The summed E-state index contributed by atoms with van der Waals surface area (Å²) in [6.45, 7) is 3.03. The lowest BCUT2D eigenvalue weighted by Gasteiger charge is -2.23. The van der Waals surface area contributed by atoms with E-state index in [0.717, 1.165) is 0 Å². The van der Waals surface area contributed by atoms with Crippen LogP contribution in [0.4, 0.5) is 4.39 Å². The van der Waals surface area contributed by atoms with Crippen molar-refractivity contribution >= 4 is 59.5 Å². The van der Waals surface area contributed by atoms with E-state index < -0.39 is 15.4 Å². The maximum atomic E-state index is 13.3. The lowest BCUT2D eigenvalue weighted by molar-refractivity contribution is -0.146. The van der Waals surface area contributed by atoms with Gasteiger partial charge < -0.3 is 5.11 Å². The Hall–Kier alpha value is 0.510. The van der Waals surface area contributed by atoms with Gasteiger partial charge in [-0.3, -0.25) is 9.59 Å². The van der Waals surface area contributed by atoms with Crippen LogP contribution in [0.1, 0.15) is 26.7 Å². The SMILES string of the molecule is CC(=O)C(CC(C)C(Br)CC(F)(Br)Br)C(=O)O. The van der Waals surface area contributed by atoms with Gasteiger partial charge in [0.2, 0.25) is 3.49 Å². The van der Waals surface area contributed by atoms with E-state index in [1.165, 1.54) is 6.92 Å². The standard InChI is InChI=1S/C10H14Br3FO3/c1-5(8(11)4-10(12,13)14)3-7(6(2)15)9(16)17/h5,7-8H,3-4H2,1-2H3,(H,16,17). The molecular weight excluding hydrogens is 427 g/mol. The molecule has 17 heavy (non-hydrogen) atoms. The zero-order chi connectivity index (χ0) is 13.8. The van der Waals surface area contributed by atoms with E-state index in [9.17, 15) is 14.0 Å². The molecule has 100 valence electrons. The van der Waals surface area contributed by atoms with Crippen molar-refractivity contribution in [2.75, 3.05) is 0 Å². The summed E-state index contributed by atoms with van der Waals surface area (Å²) < 4.78 is 11.6. The van der Waals surface area contributed by atoms with Crippen LogP contribution < -0.4 is 0 Å². The van der Waals surface area contributed by atoms with Crippen molar-refractivity contribution in [3.05, 3.63) is 0 Å². The molecule has 0 rings (SSSR count). The van der Waals surface area contributed by atoms with Gasteiger partial charge in [0.05, 0.1) is 0 Å². The van der Waals surface area contributed by atoms with Crippen LogP contribution in [0.2, 0.25) is 0 Å². The highest BCUT2D eigenvalue weighted by Crippen LogP contribution is 2.38. The molecule has 3 unspecified atom stereocenters. The zero-order valence-electron chi connectivity index (χ0n) is 9.42. The van der Waals surface area contributed by atoms with Gasteiger partial charge in [0, 0.05) is 11.2 Å². The lowest BCUT2D eigenvalue weighted by Crippen LogP contribution is -2.28. The molecule has 0 heterocycles. The second kappa shape index (κ2) is 7.19. The molecule has 0 amide bonds. The minimum atomic E-state index is -1.68. The third kappa shape index (κ3) is 7.51. The fourth-order valence-electron chi connectivity index (χ4n) is 1.38. The molecule has 0 aliphatic rings. The summed E-state index contributed by atoms with van der Waals surface area (Å²) in [4.78, 5) is 21.8. The van der Waals surface area contributed by atoms with Gasteiger partial charge >= 0.3 is 5.97 Å². The Balaban J connectivity index is 4.46. The molecule has 0 aliphatic heterocycles. The van der Waals surface area contributed by atoms with Gasteiger partial charge in [0.25, 0.3) is 0 Å². The Kier molecular flexibility index (Phi) is 7.40. The fraction of sp³-hybridized carbons (Fsp3) is 0.800. The monoisotopic (exact) mass is 438 g/mol. The first-order valence-electron chi connectivity index (χ1n) is 4.98. The molecule has 3 atom stereocenters. The number of carboxylic acid groups (broad SMARTS) is 1. The predicted molar refractivity (Wildman–Crippen MR) is 74.6 cm³/mol. The third-order valence-corrected chi connectivity index (χ3v) is 4.31. The van der Waals surface area contributed by atoms with Gasteiger partial charge in [-0.15, -0.1) is 0 Å². The van der Waals surface area contributed by atoms with Gasteiger partial charge in [0.1, 0.15) is 11.7 Å². The van der Waals surface area contributed by atoms with E-state index >= 15 is 0 Å². The van der Waals surface area contributed by atoms with Crippen molar-refractivity contribution in [1.29, 1.82) is 0 Å². The van der Waals surface area contributed by atoms with E-state index in [0.29, 0.717) is 0 Å². The number of Topliss-reactive ketones (excluding diaryl/α,β-unsaturated/α-hetero) is 1. The molecule has 7 heteroatoms. The maximum absolute atomic E-state index is 13.3. The van der Waals surface area contributed by atoms with Crippen LogP contribution in [0.25, 0.3) is 0 Å². The molecular formula is C10H14Br3FO3. The smallest absolute Gasteiger partial charge is 0.314 e. The lowest BCUT2D eigenvalue weighted by atomic mass is 9.90. The quantitative estimate of drug-likeness (QED) is 0.483. The van der Waals surface area contributed by atoms with Crippen LogP contribution in [-0.4, -0.2) is 25.2 Å². The highest BCUT2D eigenvalue weighted by atomic mass is 79.9. The highest BCUT2D eigenvalue weighted by molar-refractivity contribution is 9.25. The first-order valence-corrected chi connectivity index (χ1v) is 7.49. The number of carboxylic acids is 1. The van der Waals surface area contributed by atoms with E-state index in [4.69, 9.17) is 5.11 Å². The number of carbonyl (C=O) groups is 2. The fourth-order valence-corrected chi connectivity index (χ4v) is 3.61. The molecule has 0 aromatic carbocycles. The second-order valence-electron chi connectivity index (χ2n) is 4.05. The molecule has 0 spiro atoms. The molecule has 1 N–H and O–H groups in total. The summed E-state index contributed by atoms with van der Waals surface area (Å²) >= 11 is 8.92. The minimum Gasteiger partial charge on any atom is -0.481 e. The van der Waals surface area contributed by atoms with Crippen LogP contribution in [0.5, 0.6) is 0 Å². The van der Waals surface area contributed by atoms with E-state index in [-0.39, 0.29) is 29.4 Å². The highest BCUT2D eigenvalue weighted by Gasteiger charge is 2.32. The Morgan fingerprint density at radius 3 is 2.18 bits per heavy atom. The summed E-state index contributed by atoms with van der Waals surface area (Å²) in [5, 5.41) is 8.88. The molecule has 0 aromatic rings. The topological polar surface area (TPSA) is 54.4 Å². The van der Waals surface area contributed by atoms with Crippen molar-refractivity contribution in [2.24, 2.45) is 11.8 Å². The molecule has 3 nitrogen and oxygen atoms in total. The number of halogens is 4. The number of hydrogen-bond donors (Lipinski definition) is 1. The summed E-state index contributed by atoms with van der Waals surface area (Å²) in [5.41, 5.74) is 0. The van der Waals surface area contributed by atoms with Gasteiger partial charge in [-0.1, -0.05) is 22.9 Å². The van der Waals surface area contributed by atoms with Gasteiger partial charge in [-0.2, -0.15) is 0 Å². The van der Waals surface area contributed by atoms with Gasteiger partial charge in [0.15, 0.2) is 0 Å². The largest absolute Gasteiger partial charge is 0.481 e. The van der Waals surface area contributed by atoms with Crippen LogP contribution >= 0.6 is 47.8 Å². The molecule has 0 fully saturated rings. The minimum absolute atomic E-state index is 0.123. The molecule has 0 aromatic heterocycles. The second-order valence-corrected chi connectivity index (χ2v) is 8.80. The van der Waals surface area contributed by atoms with Crippen molar-refractivity contribution < 1.29 is 19.1 Å². The molecule has 0 aliphatic carbocycles. The van der Waals surface area contributed by atoms with Gasteiger partial charge in [-0.25, -0.2) is 4.39 Å². The number of alkyl halides is 4. The summed E-state index contributed by atoms with van der Waals surface area (Å²) in [6.07, 6.45) is 0.315. The Labute approximate surface area is 125 Å². The number of hydrogen-bond acceptors (Lipinski definition) is 2. The van der Waals surface area contributed by atoms with Crippen LogP contribution in [0.15, 0.2) is 0 Å². The first kappa shape index (κ1) is 17.5. The molecule has 0 radical (unpaired) electrons. The number of ketones is 1. The zero-order valence-corrected chi connectivity index (χ0v) is 14.2. The third-order valence-electron chi connectivity index (χ3n) is 2.44. The van der Waals surface area contributed by atoms with E-state index in [1.54, 1.807) is 6.92 Å². The number of aliphatic carboxylic acids is 1. The predicted octanol–water partition coefficient (Wildman–Crippen LogP) is 3.87. The average Bonchev–Trinajstić information content (AvgIpc) is 2.09. The molecule has 0 bridgehead atoms. The van der Waals surface area contributed by atoms with E-state index in [1.807, 2.05) is 0 Å².